The van der Waals surface area contributed by atoms with E-state index < -0.39 is 9.05 Å². The summed E-state index contributed by atoms with van der Waals surface area (Å²) in [5.74, 6) is -0.145. The van der Waals surface area contributed by atoms with Gasteiger partial charge in [-0.05, 0) is 23.8 Å². The predicted molar refractivity (Wildman–Crippen MR) is 88.2 cm³/mol. The lowest BCUT2D eigenvalue weighted by Gasteiger charge is -2.29. The third kappa shape index (κ3) is 8.44. The molecule has 1 atom stereocenters. The lowest BCUT2D eigenvalue weighted by molar-refractivity contribution is 0.0643. The molecule has 1 unspecified atom stereocenters. The molecule has 0 amide bonds. The van der Waals surface area contributed by atoms with Crippen molar-refractivity contribution in [1.29, 1.82) is 0 Å². The van der Waals surface area contributed by atoms with Crippen LogP contribution < -0.4 is 0 Å². The molecule has 3 nitrogen and oxygen atoms in total. The van der Waals surface area contributed by atoms with Crippen LogP contribution in [0.3, 0.4) is 0 Å². The van der Waals surface area contributed by atoms with E-state index in [1.807, 2.05) is 39.0 Å². The number of benzene rings is 1. The van der Waals surface area contributed by atoms with Crippen LogP contribution in [0.2, 0.25) is 0 Å². The summed E-state index contributed by atoms with van der Waals surface area (Å²) in [5.41, 5.74) is 1.14. The van der Waals surface area contributed by atoms with Crippen LogP contribution in [0.25, 0.3) is 0 Å². The van der Waals surface area contributed by atoms with Gasteiger partial charge in [0, 0.05) is 23.2 Å². The molecule has 0 N–H and O–H groups in total. The van der Waals surface area contributed by atoms with Crippen molar-refractivity contribution in [2.45, 2.75) is 33.6 Å². The highest BCUT2D eigenvalue weighted by Gasteiger charge is 2.29. The van der Waals surface area contributed by atoms with Crippen molar-refractivity contribution in [1.82, 2.24) is 0 Å². The molecule has 1 aromatic carbocycles. The summed E-state index contributed by atoms with van der Waals surface area (Å²) in [6.45, 7) is 7.07. The number of ether oxygens (including phenoxy) is 1. The van der Waals surface area contributed by atoms with Crippen molar-refractivity contribution < 1.29 is 13.2 Å². The van der Waals surface area contributed by atoms with Crippen molar-refractivity contribution in [2.75, 3.05) is 19.0 Å². The number of rotatable bonds is 8. The minimum absolute atomic E-state index is 0.0449. The fourth-order valence-corrected chi connectivity index (χ4v) is 3.57. The molecule has 21 heavy (non-hydrogen) atoms. The summed E-state index contributed by atoms with van der Waals surface area (Å²) in [7, 11) is 1.87. The Hall–Kier alpha value is -0.580. The number of aryl methyl sites for hydroxylation is 1. The minimum atomic E-state index is -3.50. The summed E-state index contributed by atoms with van der Waals surface area (Å²) in [5, 5.41) is 0. The number of halogens is 1. The third-order valence-corrected chi connectivity index (χ3v) is 4.72. The van der Waals surface area contributed by atoms with Crippen LogP contribution in [0.5, 0.6) is 0 Å². The Kier molecular flexibility index (Phi) is 7.17. The second kappa shape index (κ2) is 8.16. The highest BCUT2D eigenvalue weighted by atomic mass is 35.7. The lowest BCUT2D eigenvalue weighted by Crippen LogP contribution is -2.30. The minimum Gasteiger partial charge on any atom is -0.381 e. The molecule has 0 aliphatic rings. The van der Waals surface area contributed by atoms with E-state index in [0.29, 0.717) is 13.2 Å². The van der Waals surface area contributed by atoms with E-state index in [1.54, 1.807) is 0 Å². The second-order valence-electron chi connectivity index (χ2n) is 6.43. The average Bonchev–Trinajstić information content (AvgIpc) is 2.35. The molecule has 0 radical (unpaired) electrons. The fraction of sp³-hybridized carbons (Fsp3) is 0.625. The van der Waals surface area contributed by atoms with E-state index in [9.17, 15) is 8.42 Å². The highest BCUT2D eigenvalue weighted by molar-refractivity contribution is 8.13. The molecule has 1 rings (SSSR count). The van der Waals surface area contributed by atoms with Crippen LogP contribution in [0.15, 0.2) is 30.3 Å². The molecular weight excluding hydrogens is 308 g/mol. The zero-order chi connectivity index (χ0) is 15.9. The maximum atomic E-state index is 11.3. The SMILES string of the molecule is CC(C)(C)C(COCCCc1ccccc1)CS(=O)(=O)Cl. The molecule has 1 aromatic rings. The first-order chi connectivity index (χ1) is 9.68. The molecule has 0 fully saturated rings. The summed E-state index contributed by atoms with van der Waals surface area (Å²) < 4.78 is 28.2. The standard InChI is InChI=1S/C16H25ClO3S/c1-16(2,3)15(13-21(17,18)19)12-20-11-7-10-14-8-5-4-6-9-14/h4-6,8-9,15H,7,10-13H2,1-3H3. The summed E-state index contributed by atoms with van der Waals surface area (Å²) in [4.78, 5) is 0. The second-order valence-corrected chi connectivity index (χ2v) is 9.25. The monoisotopic (exact) mass is 332 g/mol. The van der Waals surface area contributed by atoms with Gasteiger partial charge in [-0.25, -0.2) is 8.42 Å². The van der Waals surface area contributed by atoms with Crippen molar-refractivity contribution in [2.24, 2.45) is 11.3 Å². The van der Waals surface area contributed by atoms with Gasteiger partial charge in [0.05, 0.1) is 12.4 Å². The Bertz CT molecular complexity index is 506. The van der Waals surface area contributed by atoms with Crippen LogP contribution in [-0.4, -0.2) is 27.4 Å². The Morgan fingerprint density at radius 1 is 1.19 bits per heavy atom. The van der Waals surface area contributed by atoms with E-state index in [4.69, 9.17) is 15.4 Å². The molecule has 0 aliphatic heterocycles. The molecule has 0 saturated heterocycles. The summed E-state index contributed by atoms with van der Waals surface area (Å²) in [6.07, 6.45) is 1.89. The molecule has 0 bridgehead atoms. The maximum absolute atomic E-state index is 11.3. The van der Waals surface area contributed by atoms with Crippen LogP contribution in [0.4, 0.5) is 0 Å². The van der Waals surface area contributed by atoms with Crippen molar-refractivity contribution in [3.8, 4) is 0 Å². The van der Waals surface area contributed by atoms with Gasteiger partial charge in [-0.3, -0.25) is 0 Å². The first-order valence-electron chi connectivity index (χ1n) is 7.22. The molecule has 0 aliphatic carbocycles. The van der Waals surface area contributed by atoms with Gasteiger partial charge in [-0.15, -0.1) is 0 Å². The summed E-state index contributed by atoms with van der Waals surface area (Å²) >= 11 is 0. The molecule has 0 spiro atoms. The average molecular weight is 333 g/mol. The number of hydrogen-bond acceptors (Lipinski definition) is 3. The van der Waals surface area contributed by atoms with Gasteiger partial charge in [0.15, 0.2) is 0 Å². The van der Waals surface area contributed by atoms with Crippen molar-refractivity contribution in [3.63, 3.8) is 0 Å². The molecule has 0 aromatic heterocycles. The fourth-order valence-electron chi connectivity index (χ4n) is 2.04. The zero-order valence-corrected chi connectivity index (χ0v) is 14.6. The van der Waals surface area contributed by atoms with Gasteiger partial charge < -0.3 is 4.74 Å². The quantitative estimate of drug-likeness (QED) is 0.536. The Morgan fingerprint density at radius 3 is 2.33 bits per heavy atom. The molecular formula is C16H25ClO3S. The van der Waals surface area contributed by atoms with Crippen molar-refractivity contribution in [3.05, 3.63) is 35.9 Å². The summed E-state index contributed by atoms with van der Waals surface area (Å²) in [6, 6.07) is 10.2. The predicted octanol–water partition coefficient (Wildman–Crippen LogP) is 3.87. The van der Waals surface area contributed by atoms with Crippen molar-refractivity contribution >= 4 is 19.7 Å². The van der Waals surface area contributed by atoms with E-state index in [1.165, 1.54) is 5.56 Å². The van der Waals surface area contributed by atoms with E-state index in [-0.39, 0.29) is 17.1 Å². The Balaban J connectivity index is 2.34. The Labute approximate surface area is 133 Å². The number of hydrogen-bond donors (Lipinski definition) is 0. The Morgan fingerprint density at radius 2 is 1.81 bits per heavy atom. The van der Waals surface area contributed by atoms with Gasteiger partial charge in [0.1, 0.15) is 0 Å². The zero-order valence-electron chi connectivity index (χ0n) is 13.0. The van der Waals surface area contributed by atoms with E-state index in [2.05, 4.69) is 12.1 Å². The molecule has 5 heteroatoms. The maximum Gasteiger partial charge on any atom is 0.232 e. The van der Waals surface area contributed by atoms with E-state index in [0.717, 1.165) is 12.8 Å². The first-order valence-corrected chi connectivity index (χ1v) is 9.70. The third-order valence-electron chi connectivity index (χ3n) is 3.54. The van der Waals surface area contributed by atoms with Crippen LogP contribution in [0, 0.1) is 11.3 Å². The van der Waals surface area contributed by atoms with Crippen LogP contribution >= 0.6 is 10.7 Å². The molecule has 0 heterocycles. The van der Waals surface area contributed by atoms with Gasteiger partial charge in [0.25, 0.3) is 0 Å². The van der Waals surface area contributed by atoms with Gasteiger partial charge in [-0.1, -0.05) is 51.1 Å². The van der Waals surface area contributed by atoms with Gasteiger partial charge in [0.2, 0.25) is 9.05 Å². The highest BCUT2D eigenvalue weighted by Crippen LogP contribution is 2.28. The van der Waals surface area contributed by atoms with Gasteiger partial charge >= 0.3 is 0 Å². The lowest BCUT2D eigenvalue weighted by atomic mass is 9.82. The molecule has 120 valence electrons. The first kappa shape index (κ1) is 18.5. The van der Waals surface area contributed by atoms with Crippen LogP contribution in [-0.2, 0) is 20.2 Å². The normalized spacial score (nSPS) is 14.1. The van der Waals surface area contributed by atoms with E-state index >= 15 is 0 Å². The molecule has 0 saturated carbocycles. The topological polar surface area (TPSA) is 43.4 Å². The largest absolute Gasteiger partial charge is 0.381 e. The van der Waals surface area contributed by atoms with Crippen LogP contribution in [0.1, 0.15) is 32.8 Å². The van der Waals surface area contributed by atoms with Gasteiger partial charge in [-0.2, -0.15) is 0 Å². The smallest absolute Gasteiger partial charge is 0.232 e.